The Morgan fingerprint density at radius 1 is 1.42 bits per heavy atom. The minimum Gasteiger partial charge on any atom is -0.478 e. The second kappa shape index (κ2) is 5.57. The highest BCUT2D eigenvalue weighted by Crippen LogP contribution is 2.24. The molecule has 104 valence electrons. The molecule has 1 atom stereocenters. The Morgan fingerprint density at radius 3 is 2.79 bits per heavy atom. The maximum Gasteiger partial charge on any atom is 0.335 e. The molecule has 1 fully saturated rings. The standard InChI is InChI=1S/C14H19FN2O2/c1-10-9-16(2)6-3-7-17(10)13-5-4-11(14(18)19)8-12(13)15/h4-5,8,10H,3,6-7,9H2,1-2H3,(H,18,19). The lowest BCUT2D eigenvalue weighted by Crippen LogP contribution is -2.38. The highest BCUT2D eigenvalue weighted by Gasteiger charge is 2.22. The van der Waals surface area contributed by atoms with Crippen LogP contribution in [0.15, 0.2) is 18.2 Å². The molecule has 5 heteroatoms. The number of hydrogen-bond donors (Lipinski definition) is 1. The third kappa shape index (κ3) is 3.04. The Hall–Kier alpha value is -1.62. The van der Waals surface area contributed by atoms with Gasteiger partial charge in [-0.3, -0.25) is 0 Å². The molecular weight excluding hydrogens is 247 g/mol. The molecule has 1 N–H and O–H groups in total. The van der Waals surface area contributed by atoms with Gasteiger partial charge in [-0.25, -0.2) is 9.18 Å². The first-order chi connectivity index (χ1) is 8.99. The Bertz CT molecular complexity index is 479. The van der Waals surface area contributed by atoms with Gasteiger partial charge in [0.2, 0.25) is 0 Å². The molecule has 1 aliphatic rings. The number of hydrogen-bond acceptors (Lipinski definition) is 3. The third-order valence-corrected chi connectivity index (χ3v) is 3.55. The summed E-state index contributed by atoms with van der Waals surface area (Å²) in [4.78, 5) is 15.1. The van der Waals surface area contributed by atoms with Crippen LogP contribution in [0.2, 0.25) is 0 Å². The van der Waals surface area contributed by atoms with Crippen LogP contribution in [0.3, 0.4) is 0 Å². The molecule has 1 heterocycles. The average molecular weight is 266 g/mol. The third-order valence-electron chi connectivity index (χ3n) is 3.55. The summed E-state index contributed by atoms with van der Waals surface area (Å²) >= 11 is 0. The lowest BCUT2D eigenvalue weighted by atomic mass is 10.1. The largest absolute Gasteiger partial charge is 0.478 e. The Balaban J connectivity index is 2.27. The normalized spacial score (nSPS) is 21.2. The quantitative estimate of drug-likeness (QED) is 0.890. The van der Waals surface area contributed by atoms with Crippen molar-refractivity contribution in [1.82, 2.24) is 4.90 Å². The maximum absolute atomic E-state index is 14.1. The van der Waals surface area contributed by atoms with Crippen molar-refractivity contribution in [3.63, 3.8) is 0 Å². The summed E-state index contributed by atoms with van der Waals surface area (Å²) in [7, 11) is 2.06. The summed E-state index contributed by atoms with van der Waals surface area (Å²) in [5, 5.41) is 8.86. The van der Waals surface area contributed by atoms with E-state index in [1.54, 1.807) is 6.07 Å². The lowest BCUT2D eigenvalue weighted by Gasteiger charge is -2.30. The van der Waals surface area contributed by atoms with Gasteiger partial charge >= 0.3 is 5.97 Å². The summed E-state index contributed by atoms with van der Waals surface area (Å²) in [6, 6.07) is 4.33. The van der Waals surface area contributed by atoms with E-state index in [0.717, 1.165) is 32.1 Å². The van der Waals surface area contributed by atoms with Crippen molar-refractivity contribution < 1.29 is 14.3 Å². The molecule has 0 bridgehead atoms. The zero-order valence-corrected chi connectivity index (χ0v) is 11.3. The van der Waals surface area contributed by atoms with Crippen LogP contribution in [0.5, 0.6) is 0 Å². The highest BCUT2D eigenvalue weighted by molar-refractivity contribution is 5.88. The Kier molecular flexibility index (Phi) is 4.04. The van der Waals surface area contributed by atoms with Crippen molar-refractivity contribution in [3.8, 4) is 0 Å². The number of anilines is 1. The lowest BCUT2D eigenvalue weighted by molar-refractivity contribution is 0.0696. The van der Waals surface area contributed by atoms with Gasteiger partial charge in [0.05, 0.1) is 11.3 Å². The minimum atomic E-state index is -1.10. The van der Waals surface area contributed by atoms with Crippen LogP contribution in [-0.2, 0) is 0 Å². The van der Waals surface area contributed by atoms with Gasteiger partial charge in [0.25, 0.3) is 0 Å². The molecule has 4 nitrogen and oxygen atoms in total. The first kappa shape index (κ1) is 13.8. The van der Waals surface area contributed by atoms with E-state index in [1.165, 1.54) is 6.07 Å². The molecule has 0 radical (unpaired) electrons. The number of likely N-dealkylation sites (N-methyl/N-ethyl adjacent to an activating group) is 1. The monoisotopic (exact) mass is 266 g/mol. The molecule has 1 aliphatic heterocycles. The smallest absolute Gasteiger partial charge is 0.335 e. The molecule has 0 amide bonds. The predicted octanol–water partition coefficient (Wildman–Crippen LogP) is 2.05. The summed E-state index contributed by atoms with van der Waals surface area (Å²) in [5.41, 5.74) is 0.480. The molecule has 0 aromatic heterocycles. The summed E-state index contributed by atoms with van der Waals surface area (Å²) in [6.07, 6.45) is 0.973. The van der Waals surface area contributed by atoms with Crippen LogP contribution in [0.1, 0.15) is 23.7 Å². The first-order valence-corrected chi connectivity index (χ1v) is 6.47. The Labute approximate surface area is 112 Å². The molecule has 0 spiro atoms. The molecule has 19 heavy (non-hydrogen) atoms. The summed E-state index contributed by atoms with van der Waals surface area (Å²) < 4.78 is 14.1. The second-order valence-electron chi connectivity index (χ2n) is 5.13. The topological polar surface area (TPSA) is 43.8 Å². The fraction of sp³-hybridized carbons (Fsp3) is 0.500. The van der Waals surface area contributed by atoms with Gasteiger partial charge in [-0.05, 0) is 45.1 Å². The van der Waals surface area contributed by atoms with E-state index in [4.69, 9.17) is 5.11 Å². The van der Waals surface area contributed by atoms with E-state index in [0.29, 0.717) is 5.69 Å². The molecule has 0 saturated carbocycles. The van der Waals surface area contributed by atoms with Crippen LogP contribution in [-0.4, -0.2) is 48.7 Å². The van der Waals surface area contributed by atoms with E-state index < -0.39 is 11.8 Å². The van der Waals surface area contributed by atoms with E-state index in [1.807, 2.05) is 4.90 Å². The summed E-state index contributed by atoms with van der Waals surface area (Å²) in [6.45, 7) is 4.72. The predicted molar refractivity (Wildman–Crippen MR) is 72.3 cm³/mol. The van der Waals surface area contributed by atoms with Gasteiger partial charge in [-0.1, -0.05) is 0 Å². The second-order valence-corrected chi connectivity index (χ2v) is 5.13. The number of aromatic carboxylic acids is 1. The molecule has 1 aromatic carbocycles. The van der Waals surface area contributed by atoms with Gasteiger partial charge in [0.1, 0.15) is 5.82 Å². The number of carbonyl (C=O) groups is 1. The van der Waals surface area contributed by atoms with Crippen LogP contribution in [0.25, 0.3) is 0 Å². The number of benzene rings is 1. The van der Waals surface area contributed by atoms with Crippen LogP contribution >= 0.6 is 0 Å². The van der Waals surface area contributed by atoms with E-state index in [-0.39, 0.29) is 11.6 Å². The SMILES string of the molecule is CC1CN(C)CCCN1c1ccc(C(=O)O)cc1F. The van der Waals surface area contributed by atoms with Gasteiger partial charge in [-0.15, -0.1) is 0 Å². The van der Waals surface area contributed by atoms with E-state index in [9.17, 15) is 9.18 Å². The van der Waals surface area contributed by atoms with Gasteiger partial charge < -0.3 is 14.9 Å². The zero-order valence-electron chi connectivity index (χ0n) is 11.3. The zero-order chi connectivity index (χ0) is 14.0. The number of carboxylic acid groups (broad SMARTS) is 1. The molecule has 1 saturated heterocycles. The fourth-order valence-electron chi connectivity index (χ4n) is 2.60. The molecule has 0 aliphatic carbocycles. The molecule has 1 aromatic rings. The van der Waals surface area contributed by atoms with Crippen molar-refractivity contribution in [3.05, 3.63) is 29.6 Å². The molecule has 1 unspecified atom stereocenters. The maximum atomic E-state index is 14.1. The number of nitrogens with zero attached hydrogens (tertiary/aromatic N) is 2. The summed E-state index contributed by atoms with van der Waals surface area (Å²) in [5.74, 6) is -1.56. The highest BCUT2D eigenvalue weighted by atomic mass is 19.1. The van der Waals surface area contributed by atoms with Crippen LogP contribution < -0.4 is 4.90 Å². The first-order valence-electron chi connectivity index (χ1n) is 6.47. The van der Waals surface area contributed by atoms with E-state index in [2.05, 4.69) is 18.9 Å². The molecule has 2 rings (SSSR count). The van der Waals surface area contributed by atoms with Gasteiger partial charge in [0, 0.05) is 19.1 Å². The Morgan fingerprint density at radius 2 is 2.16 bits per heavy atom. The number of rotatable bonds is 2. The number of carboxylic acids is 1. The van der Waals surface area contributed by atoms with Gasteiger partial charge in [-0.2, -0.15) is 0 Å². The van der Waals surface area contributed by atoms with Crippen molar-refractivity contribution in [2.24, 2.45) is 0 Å². The number of halogens is 1. The van der Waals surface area contributed by atoms with Crippen LogP contribution in [0, 0.1) is 5.82 Å². The van der Waals surface area contributed by atoms with Crippen molar-refractivity contribution in [2.75, 3.05) is 31.6 Å². The van der Waals surface area contributed by atoms with Crippen LogP contribution in [0.4, 0.5) is 10.1 Å². The van der Waals surface area contributed by atoms with Gasteiger partial charge in [0.15, 0.2) is 0 Å². The molecular formula is C14H19FN2O2. The van der Waals surface area contributed by atoms with Crippen molar-refractivity contribution >= 4 is 11.7 Å². The van der Waals surface area contributed by atoms with Crippen molar-refractivity contribution in [1.29, 1.82) is 0 Å². The average Bonchev–Trinajstić information content (AvgIpc) is 2.50. The van der Waals surface area contributed by atoms with Crippen molar-refractivity contribution in [2.45, 2.75) is 19.4 Å². The minimum absolute atomic E-state index is 0.0131. The van der Waals surface area contributed by atoms with E-state index >= 15 is 0 Å². The fourth-order valence-corrected chi connectivity index (χ4v) is 2.60.